The van der Waals surface area contributed by atoms with Gasteiger partial charge in [-0.3, -0.25) is 9.48 Å². The summed E-state index contributed by atoms with van der Waals surface area (Å²) in [5.74, 6) is 0.375. The Morgan fingerprint density at radius 1 is 1.38 bits per heavy atom. The lowest BCUT2D eigenvalue weighted by Crippen LogP contribution is -2.38. The summed E-state index contributed by atoms with van der Waals surface area (Å²) in [4.78, 5) is 12.0. The molecule has 0 saturated heterocycles. The minimum Gasteiger partial charge on any atom is -0.484 e. The molecule has 1 atom stereocenters. The first-order valence-electron chi connectivity index (χ1n) is 7.44. The normalized spacial score (nSPS) is 11.9. The Hall–Kier alpha value is -3.23. The van der Waals surface area contributed by atoms with Crippen molar-refractivity contribution < 1.29 is 9.53 Å². The van der Waals surface area contributed by atoms with Gasteiger partial charge in [-0.15, -0.1) is 5.10 Å². The molecule has 2 heterocycles. The van der Waals surface area contributed by atoms with E-state index >= 15 is 0 Å². The molecule has 124 valence electrons. The SMILES string of the molecule is CC(Cn1cccn1)NC(=O)COc1cccc(-n2cnnn2)c1. The average molecular weight is 327 g/mol. The van der Waals surface area contributed by atoms with Crippen LogP contribution in [0.15, 0.2) is 49.1 Å². The number of benzene rings is 1. The van der Waals surface area contributed by atoms with Gasteiger partial charge in [0.25, 0.3) is 5.91 Å². The highest BCUT2D eigenvalue weighted by molar-refractivity contribution is 5.77. The van der Waals surface area contributed by atoms with Crippen molar-refractivity contribution in [2.75, 3.05) is 6.61 Å². The lowest BCUT2D eigenvalue weighted by molar-refractivity contribution is -0.123. The van der Waals surface area contributed by atoms with Crippen LogP contribution >= 0.6 is 0 Å². The molecule has 0 saturated carbocycles. The summed E-state index contributed by atoms with van der Waals surface area (Å²) >= 11 is 0. The molecule has 1 unspecified atom stereocenters. The molecule has 0 aliphatic heterocycles. The maximum atomic E-state index is 12.0. The predicted octanol–water partition coefficient (Wildman–Crippen LogP) is 0.442. The van der Waals surface area contributed by atoms with Crippen LogP contribution in [0.1, 0.15) is 6.92 Å². The Labute approximate surface area is 138 Å². The van der Waals surface area contributed by atoms with Crippen molar-refractivity contribution in [2.45, 2.75) is 19.5 Å². The van der Waals surface area contributed by atoms with Crippen LogP contribution in [-0.4, -0.2) is 48.5 Å². The van der Waals surface area contributed by atoms with E-state index in [4.69, 9.17) is 4.74 Å². The molecule has 1 amide bonds. The summed E-state index contributed by atoms with van der Waals surface area (Å²) in [6.45, 7) is 2.45. The molecule has 0 radical (unpaired) electrons. The van der Waals surface area contributed by atoms with Crippen molar-refractivity contribution in [2.24, 2.45) is 0 Å². The maximum Gasteiger partial charge on any atom is 0.258 e. The molecular weight excluding hydrogens is 310 g/mol. The first-order valence-corrected chi connectivity index (χ1v) is 7.44. The molecule has 0 bridgehead atoms. The summed E-state index contributed by atoms with van der Waals surface area (Å²) in [6, 6.07) is 8.98. The number of ether oxygens (including phenoxy) is 1. The lowest BCUT2D eigenvalue weighted by Gasteiger charge is -2.14. The summed E-state index contributed by atoms with van der Waals surface area (Å²) in [5.41, 5.74) is 0.755. The first kappa shape index (κ1) is 15.7. The van der Waals surface area contributed by atoms with Gasteiger partial charge in [-0.2, -0.15) is 5.10 Å². The fourth-order valence-corrected chi connectivity index (χ4v) is 2.20. The second-order valence-electron chi connectivity index (χ2n) is 5.24. The summed E-state index contributed by atoms with van der Waals surface area (Å²) in [6.07, 6.45) is 5.04. The Morgan fingerprint density at radius 3 is 3.04 bits per heavy atom. The van der Waals surface area contributed by atoms with Gasteiger partial charge in [0.05, 0.1) is 12.2 Å². The third kappa shape index (κ3) is 4.15. The third-order valence-corrected chi connectivity index (χ3v) is 3.23. The topological polar surface area (TPSA) is 99.8 Å². The van der Waals surface area contributed by atoms with Crippen LogP contribution < -0.4 is 10.1 Å². The van der Waals surface area contributed by atoms with E-state index in [0.29, 0.717) is 12.3 Å². The van der Waals surface area contributed by atoms with Gasteiger partial charge < -0.3 is 10.1 Å². The number of nitrogens with one attached hydrogen (secondary N) is 1. The number of hydrogen-bond donors (Lipinski definition) is 1. The molecular formula is C15H17N7O2. The molecule has 0 spiro atoms. The van der Waals surface area contributed by atoms with Gasteiger partial charge in [0, 0.05) is 24.5 Å². The van der Waals surface area contributed by atoms with E-state index in [-0.39, 0.29) is 18.6 Å². The van der Waals surface area contributed by atoms with Crippen LogP contribution in [0.5, 0.6) is 5.75 Å². The summed E-state index contributed by atoms with van der Waals surface area (Å²) in [7, 11) is 0. The van der Waals surface area contributed by atoms with Crippen LogP contribution in [-0.2, 0) is 11.3 Å². The number of hydrogen-bond acceptors (Lipinski definition) is 6. The van der Waals surface area contributed by atoms with Crippen LogP contribution in [0.4, 0.5) is 0 Å². The largest absolute Gasteiger partial charge is 0.484 e. The van der Waals surface area contributed by atoms with E-state index in [1.807, 2.05) is 31.3 Å². The molecule has 2 aromatic heterocycles. The van der Waals surface area contributed by atoms with E-state index in [1.54, 1.807) is 23.0 Å². The Bertz CT molecular complexity index is 771. The molecule has 3 aromatic rings. The van der Waals surface area contributed by atoms with Gasteiger partial charge in [0.2, 0.25) is 0 Å². The van der Waals surface area contributed by atoms with Crippen LogP contribution in [0, 0.1) is 0 Å². The van der Waals surface area contributed by atoms with E-state index in [1.165, 1.54) is 11.0 Å². The number of nitrogens with zero attached hydrogens (tertiary/aromatic N) is 6. The Kier molecular flexibility index (Phi) is 4.80. The third-order valence-electron chi connectivity index (χ3n) is 3.23. The van der Waals surface area contributed by atoms with Crippen LogP contribution in [0.25, 0.3) is 5.69 Å². The van der Waals surface area contributed by atoms with Gasteiger partial charge in [0.15, 0.2) is 6.61 Å². The van der Waals surface area contributed by atoms with Crippen molar-refractivity contribution >= 4 is 5.91 Å². The number of tetrazole rings is 1. The zero-order chi connectivity index (χ0) is 16.8. The molecule has 3 rings (SSSR count). The smallest absolute Gasteiger partial charge is 0.258 e. The van der Waals surface area contributed by atoms with Crippen LogP contribution in [0.2, 0.25) is 0 Å². The predicted molar refractivity (Wildman–Crippen MR) is 84.5 cm³/mol. The lowest BCUT2D eigenvalue weighted by atomic mass is 10.3. The van der Waals surface area contributed by atoms with Crippen LogP contribution in [0.3, 0.4) is 0 Å². The molecule has 1 N–H and O–H groups in total. The fourth-order valence-electron chi connectivity index (χ4n) is 2.20. The minimum absolute atomic E-state index is 0.0476. The van der Waals surface area contributed by atoms with Crippen molar-refractivity contribution in [1.82, 2.24) is 35.3 Å². The van der Waals surface area contributed by atoms with Crippen molar-refractivity contribution in [3.63, 3.8) is 0 Å². The first-order chi connectivity index (χ1) is 11.7. The van der Waals surface area contributed by atoms with Gasteiger partial charge in [0.1, 0.15) is 12.1 Å². The number of rotatable bonds is 7. The van der Waals surface area contributed by atoms with Crippen molar-refractivity contribution in [1.29, 1.82) is 0 Å². The Balaban J connectivity index is 1.50. The zero-order valence-corrected chi connectivity index (χ0v) is 13.1. The second-order valence-corrected chi connectivity index (χ2v) is 5.24. The van der Waals surface area contributed by atoms with Gasteiger partial charge in [-0.25, -0.2) is 4.68 Å². The van der Waals surface area contributed by atoms with E-state index in [2.05, 4.69) is 25.9 Å². The monoisotopic (exact) mass is 327 g/mol. The second kappa shape index (κ2) is 7.36. The van der Waals surface area contributed by atoms with Gasteiger partial charge >= 0.3 is 0 Å². The number of amides is 1. The van der Waals surface area contributed by atoms with E-state index < -0.39 is 0 Å². The molecule has 0 aliphatic rings. The Morgan fingerprint density at radius 2 is 2.29 bits per heavy atom. The highest BCUT2D eigenvalue weighted by atomic mass is 16.5. The minimum atomic E-state index is -0.192. The standard InChI is InChI=1S/C15H17N7O2/c1-12(9-21-7-3-6-17-21)18-15(23)10-24-14-5-2-4-13(8-14)22-11-16-19-20-22/h2-8,11-12H,9-10H2,1H3,(H,18,23). The molecule has 0 fully saturated rings. The number of carbonyl (C=O) groups is 1. The maximum absolute atomic E-state index is 12.0. The summed E-state index contributed by atoms with van der Waals surface area (Å²) < 4.78 is 8.80. The van der Waals surface area contributed by atoms with Gasteiger partial charge in [-0.05, 0) is 35.5 Å². The van der Waals surface area contributed by atoms with Crippen molar-refractivity contribution in [3.05, 3.63) is 49.1 Å². The van der Waals surface area contributed by atoms with E-state index in [0.717, 1.165) is 5.69 Å². The number of aromatic nitrogens is 6. The quantitative estimate of drug-likeness (QED) is 0.676. The van der Waals surface area contributed by atoms with Gasteiger partial charge in [-0.1, -0.05) is 6.07 Å². The average Bonchev–Trinajstić information content (AvgIpc) is 3.26. The van der Waals surface area contributed by atoms with Crippen molar-refractivity contribution in [3.8, 4) is 11.4 Å². The molecule has 24 heavy (non-hydrogen) atoms. The number of carbonyl (C=O) groups excluding carboxylic acids is 1. The molecule has 0 aliphatic carbocycles. The molecule has 9 nitrogen and oxygen atoms in total. The zero-order valence-electron chi connectivity index (χ0n) is 13.1. The summed E-state index contributed by atoms with van der Waals surface area (Å²) in [5, 5.41) is 18.0. The molecule has 1 aromatic carbocycles. The van der Waals surface area contributed by atoms with E-state index in [9.17, 15) is 4.79 Å². The highest BCUT2D eigenvalue weighted by Crippen LogP contribution is 2.15. The molecule has 9 heteroatoms. The highest BCUT2D eigenvalue weighted by Gasteiger charge is 2.09. The fraction of sp³-hybridized carbons (Fsp3) is 0.267.